The molecule has 2 aliphatic heterocycles. The van der Waals surface area contributed by atoms with Gasteiger partial charge >= 0.3 is 6.03 Å². The number of carbonyl (C=O) groups is 1. The highest BCUT2D eigenvalue weighted by atomic mass is 16.5. The zero-order valence-corrected chi connectivity index (χ0v) is 14.4. The third-order valence-electron chi connectivity index (χ3n) is 4.79. The van der Waals surface area contributed by atoms with E-state index in [1.807, 2.05) is 49.4 Å². The van der Waals surface area contributed by atoms with Crippen molar-refractivity contribution in [3.63, 3.8) is 0 Å². The molecule has 2 heterocycles. The summed E-state index contributed by atoms with van der Waals surface area (Å²) < 4.78 is 16.8. The number of hydrogen-bond acceptors (Lipinski definition) is 4. The number of hydrogen-bond donors (Lipinski definition) is 1. The summed E-state index contributed by atoms with van der Waals surface area (Å²) in [6.45, 7) is 1.94. The number of fused-ring (bicyclic) bond motifs is 4. The molecule has 1 saturated heterocycles. The Balaban J connectivity index is 1.77. The number of amides is 2. The van der Waals surface area contributed by atoms with Crippen molar-refractivity contribution in [1.29, 1.82) is 0 Å². The summed E-state index contributed by atoms with van der Waals surface area (Å²) in [5.74, 6) is 2.19. The number of benzene rings is 2. The van der Waals surface area contributed by atoms with E-state index in [1.54, 1.807) is 19.1 Å². The number of anilines is 1. The average Bonchev–Trinajstić information content (AvgIpc) is 2.61. The van der Waals surface area contributed by atoms with Gasteiger partial charge in [0.1, 0.15) is 17.2 Å². The molecule has 0 spiro atoms. The van der Waals surface area contributed by atoms with Gasteiger partial charge in [0.2, 0.25) is 0 Å². The van der Waals surface area contributed by atoms with Crippen molar-refractivity contribution in [2.75, 3.05) is 19.1 Å². The molecule has 2 aromatic carbocycles. The minimum Gasteiger partial charge on any atom is -0.497 e. The monoisotopic (exact) mass is 340 g/mol. The number of methoxy groups -OCH3 is 2. The number of ether oxygens (including phenoxy) is 3. The molecule has 6 nitrogen and oxygen atoms in total. The highest BCUT2D eigenvalue weighted by molar-refractivity contribution is 5.95. The van der Waals surface area contributed by atoms with Crippen LogP contribution >= 0.6 is 0 Å². The van der Waals surface area contributed by atoms with Crippen molar-refractivity contribution < 1.29 is 19.0 Å². The summed E-state index contributed by atoms with van der Waals surface area (Å²) in [4.78, 5) is 14.5. The van der Waals surface area contributed by atoms with Crippen molar-refractivity contribution in [3.05, 3.63) is 48.0 Å². The third-order valence-corrected chi connectivity index (χ3v) is 4.79. The minimum absolute atomic E-state index is 0.113. The molecule has 4 rings (SSSR count). The topological polar surface area (TPSA) is 60.0 Å². The van der Waals surface area contributed by atoms with Gasteiger partial charge < -0.3 is 19.5 Å². The van der Waals surface area contributed by atoms with Crippen LogP contribution in [-0.2, 0) is 0 Å². The number of rotatable bonds is 3. The highest BCUT2D eigenvalue weighted by Gasteiger charge is 2.50. The maximum atomic E-state index is 12.8. The van der Waals surface area contributed by atoms with Gasteiger partial charge in [-0.05, 0) is 37.3 Å². The molecule has 25 heavy (non-hydrogen) atoms. The number of urea groups is 1. The lowest BCUT2D eigenvalue weighted by Crippen LogP contribution is -2.65. The van der Waals surface area contributed by atoms with Gasteiger partial charge in [-0.3, -0.25) is 4.90 Å². The second-order valence-corrected chi connectivity index (χ2v) is 6.42. The Kier molecular flexibility index (Phi) is 3.49. The van der Waals surface area contributed by atoms with Crippen LogP contribution in [0.3, 0.4) is 0 Å². The molecule has 0 radical (unpaired) electrons. The molecule has 0 aromatic heterocycles. The predicted molar refractivity (Wildman–Crippen MR) is 93.4 cm³/mol. The molecule has 1 fully saturated rings. The van der Waals surface area contributed by atoms with E-state index >= 15 is 0 Å². The minimum atomic E-state index is -0.777. The lowest BCUT2D eigenvalue weighted by atomic mass is 9.90. The molecule has 130 valence electrons. The van der Waals surface area contributed by atoms with E-state index in [9.17, 15) is 4.79 Å². The van der Waals surface area contributed by atoms with Crippen LogP contribution in [-0.4, -0.2) is 26.0 Å². The number of nitrogens with zero attached hydrogens (tertiary/aromatic N) is 1. The van der Waals surface area contributed by atoms with E-state index in [2.05, 4.69) is 5.32 Å². The SMILES string of the molecule is COc1cccc(N2C(=O)N[C@H]3C[C@@]2(C)Oc2ccc(OC)cc23)c1. The molecule has 2 atom stereocenters. The summed E-state index contributed by atoms with van der Waals surface area (Å²) >= 11 is 0. The van der Waals surface area contributed by atoms with Crippen LogP contribution in [0.5, 0.6) is 17.2 Å². The van der Waals surface area contributed by atoms with Crippen LogP contribution in [0.2, 0.25) is 0 Å². The van der Waals surface area contributed by atoms with Gasteiger partial charge in [0, 0.05) is 18.1 Å². The first kappa shape index (κ1) is 15.6. The Morgan fingerprint density at radius 3 is 2.68 bits per heavy atom. The molecule has 0 saturated carbocycles. The van der Waals surface area contributed by atoms with Crippen molar-refractivity contribution in [3.8, 4) is 17.2 Å². The number of carbonyl (C=O) groups excluding carboxylic acids is 1. The fourth-order valence-electron chi connectivity index (χ4n) is 3.62. The zero-order valence-electron chi connectivity index (χ0n) is 14.4. The van der Waals surface area contributed by atoms with Crippen molar-refractivity contribution in [2.24, 2.45) is 0 Å². The molecular weight excluding hydrogens is 320 g/mol. The quantitative estimate of drug-likeness (QED) is 0.929. The Labute approximate surface area is 146 Å². The highest BCUT2D eigenvalue weighted by Crippen LogP contribution is 2.46. The molecule has 2 aliphatic rings. The lowest BCUT2D eigenvalue weighted by molar-refractivity contribution is 0.0377. The third kappa shape index (κ3) is 2.45. The summed E-state index contributed by atoms with van der Waals surface area (Å²) in [6.07, 6.45) is 0.635. The fourth-order valence-corrected chi connectivity index (χ4v) is 3.62. The standard InChI is InChI=1S/C19H20N2O4/c1-19-11-16(15-10-14(24-3)7-8-17(15)25-19)20-18(22)21(19)12-5-4-6-13(9-12)23-2/h4-10,16H,11H2,1-3H3,(H,20,22)/t16-,19+/m0/s1. The van der Waals surface area contributed by atoms with Gasteiger partial charge in [-0.2, -0.15) is 0 Å². The van der Waals surface area contributed by atoms with Crippen molar-refractivity contribution in [2.45, 2.75) is 25.1 Å². The van der Waals surface area contributed by atoms with Gasteiger partial charge in [0.25, 0.3) is 0 Å². The maximum Gasteiger partial charge on any atom is 0.325 e. The van der Waals surface area contributed by atoms with Gasteiger partial charge in [-0.15, -0.1) is 0 Å². The Bertz CT molecular complexity index is 838. The summed E-state index contributed by atoms with van der Waals surface area (Å²) in [6, 6.07) is 12.8. The molecule has 2 amide bonds. The van der Waals surface area contributed by atoms with Gasteiger partial charge in [0.15, 0.2) is 5.72 Å². The molecule has 0 aliphatic carbocycles. The van der Waals surface area contributed by atoms with Gasteiger partial charge in [-0.25, -0.2) is 4.79 Å². The van der Waals surface area contributed by atoms with E-state index in [0.29, 0.717) is 12.2 Å². The van der Waals surface area contributed by atoms with Crippen LogP contribution in [0.1, 0.15) is 24.9 Å². The van der Waals surface area contributed by atoms with Crippen LogP contribution in [0.4, 0.5) is 10.5 Å². The van der Waals surface area contributed by atoms with Crippen molar-refractivity contribution >= 4 is 11.7 Å². The summed E-state index contributed by atoms with van der Waals surface area (Å²) in [7, 11) is 3.23. The van der Waals surface area contributed by atoms with Crippen LogP contribution < -0.4 is 24.4 Å². The second kappa shape index (κ2) is 5.58. The molecular formula is C19H20N2O4. The zero-order chi connectivity index (χ0) is 17.6. The van der Waals surface area contributed by atoms with Crippen LogP contribution in [0, 0.1) is 0 Å². The van der Waals surface area contributed by atoms with E-state index in [0.717, 1.165) is 22.7 Å². The van der Waals surface area contributed by atoms with Crippen LogP contribution in [0.25, 0.3) is 0 Å². The first-order chi connectivity index (χ1) is 12.0. The molecule has 1 N–H and O–H groups in total. The molecule has 0 unspecified atom stereocenters. The second-order valence-electron chi connectivity index (χ2n) is 6.42. The lowest BCUT2D eigenvalue weighted by Gasteiger charge is -2.50. The van der Waals surface area contributed by atoms with E-state index in [-0.39, 0.29) is 12.1 Å². The normalized spacial score (nSPS) is 24.0. The summed E-state index contributed by atoms with van der Waals surface area (Å²) in [5, 5.41) is 3.08. The molecule has 2 bridgehead atoms. The van der Waals surface area contributed by atoms with Crippen LogP contribution in [0.15, 0.2) is 42.5 Å². The predicted octanol–water partition coefficient (Wildman–Crippen LogP) is 3.47. The van der Waals surface area contributed by atoms with Crippen molar-refractivity contribution in [1.82, 2.24) is 5.32 Å². The fraction of sp³-hybridized carbons (Fsp3) is 0.316. The van der Waals surface area contributed by atoms with E-state index in [4.69, 9.17) is 14.2 Å². The van der Waals surface area contributed by atoms with E-state index < -0.39 is 5.72 Å². The number of nitrogens with one attached hydrogen (secondary N) is 1. The Morgan fingerprint density at radius 2 is 1.92 bits per heavy atom. The molecule has 6 heteroatoms. The summed E-state index contributed by atoms with van der Waals surface area (Å²) in [5.41, 5.74) is 0.895. The smallest absolute Gasteiger partial charge is 0.325 e. The Hall–Kier alpha value is -2.89. The Morgan fingerprint density at radius 1 is 1.16 bits per heavy atom. The average molecular weight is 340 g/mol. The van der Waals surface area contributed by atoms with E-state index in [1.165, 1.54) is 0 Å². The molecule has 2 aromatic rings. The van der Waals surface area contributed by atoms with Gasteiger partial charge in [-0.1, -0.05) is 6.07 Å². The first-order valence-corrected chi connectivity index (χ1v) is 8.16. The largest absolute Gasteiger partial charge is 0.497 e. The maximum absolute atomic E-state index is 12.8. The van der Waals surface area contributed by atoms with Gasteiger partial charge in [0.05, 0.1) is 25.9 Å². The first-order valence-electron chi connectivity index (χ1n) is 8.16.